The fraction of sp³-hybridized carbons (Fsp3) is 0.130. The van der Waals surface area contributed by atoms with E-state index < -0.39 is 17.9 Å². The van der Waals surface area contributed by atoms with Gasteiger partial charge in [-0.1, -0.05) is 66.7 Å². The third kappa shape index (κ3) is 5.06. The molecule has 0 aliphatic heterocycles. The Morgan fingerprint density at radius 1 is 0.786 bits per heavy atom. The van der Waals surface area contributed by atoms with Crippen LogP contribution in [0.5, 0.6) is 0 Å². The smallest absolute Gasteiger partial charge is 0.207 e. The van der Waals surface area contributed by atoms with Crippen LogP contribution in [0.2, 0.25) is 0 Å². The van der Waals surface area contributed by atoms with Crippen LogP contribution in [0.3, 0.4) is 0 Å². The summed E-state index contributed by atoms with van der Waals surface area (Å²) in [6.07, 6.45) is -1.66. The van der Waals surface area contributed by atoms with E-state index >= 15 is 0 Å². The Morgan fingerprint density at radius 2 is 1.46 bits per heavy atom. The summed E-state index contributed by atoms with van der Waals surface area (Å²) in [6.45, 7) is 0. The second-order valence-electron chi connectivity index (χ2n) is 6.45. The lowest BCUT2D eigenvalue weighted by Gasteiger charge is -2.21. The van der Waals surface area contributed by atoms with Gasteiger partial charge in [0.15, 0.2) is 0 Å². The van der Waals surface area contributed by atoms with E-state index in [1.165, 1.54) is 42.5 Å². The molecule has 3 aromatic carbocycles. The van der Waals surface area contributed by atoms with E-state index in [1.807, 2.05) is 0 Å². The van der Waals surface area contributed by atoms with Crippen molar-refractivity contribution >= 4 is 12.2 Å². The van der Waals surface area contributed by atoms with E-state index in [-0.39, 0.29) is 28.9 Å². The average Bonchev–Trinajstić information content (AvgIpc) is 2.66. The summed E-state index contributed by atoms with van der Waals surface area (Å²) in [7, 11) is 0. The van der Waals surface area contributed by atoms with Crippen LogP contribution >= 0.6 is 0 Å². The molecular formula is C23H17F5. The summed E-state index contributed by atoms with van der Waals surface area (Å²) in [5.41, 5.74) is 1.35. The van der Waals surface area contributed by atoms with Crippen molar-refractivity contribution in [1.29, 1.82) is 0 Å². The molecule has 0 aliphatic rings. The maximum atomic E-state index is 14.4. The second kappa shape index (κ2) is 8.38. The molecular weight excluding hydrogens is 371 g/mol. The number of rotatable bonds is 5. The Labute approximate surface area is 160 Å². The third-order valence-corrected chi connectivity index (χ3v) is 4.43. The van der Waals surface area contributed by atoms with Crippen LogP contribution in [0.15, 0.2) is 72.8 Å². The first-order valence-electron chi connectivity index (χ1n) is 8.66. The Bertz CT molecular complexity index is 941. The number of hydrogen-bond acceptors (Lipinski definition) is 0. The molecule has 1 unspecified atom stereocenters. The van der Waals surface area contributed by atoms with Crippen molar-refractivity contribution in [2.45, 2.75) is 18.5 Å². The first-order valence-corrected chi connectivity index (χ1v) is 8.66. The van der Waals surface area contributed by atoms with Gasteiger partial charge in [-0.15, -0.1) is 0 Å². The van der Waals surface area contributed by atoms with Crippen LogP contribution in [0, 0.1) is 11.6 Å². The van der Waals surface area contributed by atoms with Crippen molar-refractivity contribution in [3.8, 4) is 0 Å². The molecule has 0 aliphatic carbocycles. The van der Waals surface area contributed by atoms with Gasteiger partial charge >= 0.3 is 6.18 Å². The van der Waals surface area contributed by atoms with Crippen LogP contribution < -0.4 is 0 Å². The van der Waals surface area contributed by atoms with Crippen molar-refractivity contribution in [2.24, 2.45) is 0 Å². The summed E-state index contributed by atoms with van der Waals surface area (Å²) < 4.78 is 67.7. The standard InChI is InChI=1S/C23H17F5/c24-20-12-8-16(9-13-20)6-10-19-11-7-17(15-22(19)25)14-21(23(26,27)28)18-4-2-1-3-5-18/h1-13,15,21H,14H2/b10-6+. The molecule has 0 bridgehead atoms. The number of benzene rings is 3. The Morgan fingerprint density at radius 3 is 2.07 bits per heavy atom. The van der Waals surface area contributed by atoms with Crippen LogP contribution in [0.25, 0.3) is 12.2 Å². The molecule has 0 heterocycles. The Balaban J connectivity index is 1.80. The van der Waals surface area contributed by atoms with Gasteiger partial charge in [0.25, 0.3) is 0 Å². The maximum absolute atomic E-state index is 14.4. The molecule has 0 aromatic heterocycles. The van der Waals surface area contributed by atoms with E-state index in [1.54, 1.807) is 36.4 Å². The van der Waals surface area contributed by atoms with Gasteiger partial charge in [-0.05, 0) is 41.3 Å². The minimum absolute atomic E-state index is 0.149. The van der Waals surface area contributed by atoms with Gasteiger partial charge in [0, 0.05) is 5.56 Å². The molecule has 0 radical (unpaired) electrons. The fourth-order valence-corrected chi connectivity index (χ4v) is 2.94. The van der Waals surface area contributed by atoms with Crippen molar-refractivity contribution in [2.75, 3.05) is 0 Å². The normalized spacial score (nSPS) is 13.0. The first kappa shape index (κ1) is 19.8. The van der Waals surface area contributed by atoms with E-state index in [9.17, 15) is 22.0 Å². The van der Waals surface area contributed by atoms with Crippen molar-refractivity contribution in [3.63, 3.8) is 0 Å². The van der Waals surface area contributed by atoms with E-state index in [0.29, 0.717) is 5.56 Å². The van der Waals surface area contributed by atoms with Gasteiger partial charge in [-0.2, -0.15) is 13.2 Å². The maximum Gasteiger partial charge on any atom is 0.396 e. The SMILES string of the molecule is Fc1ccc(/C=C/c2ccc(CC(c3ccccc3)C(F)(F)F)cc2F)cc1. The molecule has 1 atom stereocenters. The average molecular weight is 388 g/mol. The topological polar surface area (TPSA) is 0 Å². The monoisotopic (exact) mass is 388 g/mol. The minimum Gasteiger partial charge on any atom is -0.207 e. The van der Waals surface area contributed by atoms with Gasteiger partial charge in [-0.25, -0.2) is 8.78 Å². The number of halogens is 5. The highest BCUT2D eigenvalue weighted by molar-refractivity contribution is 5.69. The zero-order valence-corrected chi connectivity index (χ0v) is 14.8. The highest BCUT2D eigenvalue weighted by Gasteiger charge is 2.40. The van der Waals surface area contributed by atoms with E-state index in [0.717, 1.165) is 6.07 Å². The van der Waals surface area contributed by atoms with Crippen LogP contribution in [0.1, 0.15) is 28.2 Å². The third-order valence-electron chi connectivity index (χ3n) is 4.43. The zero-order chi connectivity index (χ0) is 20.1. The molecule has 0 amide bonds. The summed E-state index contributed by atoms with van der Waals surface area (Å²) in [5.74, 6) is -2.68. The molecule has 0 nitrogen and oxygen atoms in total. The molecule has 5 heteroatoms. The van der Waals surface area contributed by atoms with Gasteiger partial charge < -0.3 is 0 Å². The Hall–Kier alpha value is -2.95. The molecule has 0 spiro atoms. The van der Waals surface area contributed by atoms with Crippen molar-refractivity contribution < 1.29 is 22.0 Å². The minimum atomic E-state index is -4.43. The number of hydrogen-bond donors (Lipinski definition) is 0. The lowest BCUT2D eigenvalue weighted by atomic mass is 9.91. The quantitative estimate of drug-likeness (QED) is 0.325. The number of alkyl halides is 3. The second-order valence-corrected chi connectivity index (χ2v) is 6.45. The molecule has 0 N–H and O–H groups in total. The molecule has 144 valence electrons. The fourth-order valence-electron chi connectivity index (χ4n) is 2.94. The van der Waals surface area contributed by atoms with Crippen LogP contribution in [-0.4, -0.2) is 6.18 Å². The molecule has 3 rings (SSSR count). The molecule has 3 aromatic rings. The summed E-state index contributed by atoms with van der Waals surface area (Å²) in [6, 6.07) is 17.4. The van der Waals surface area contributed by atoms with Gasteiger partial charge in [0.2, 0.25) is 0 Å². The van der Waals surface area contributed by atoms with E-state index in [4.69, 9.17) is 0 Å². The van der Waals surface area contributed by atoms with Crippen molar-refractivity contribution in [1.82, 2.24) is 0 Å². The van der Waals surface area contributed by atoms with Gasteiger partial charge in [-0.3, -0.25) is 0 Å². The lowest BCUT2D eigenvalue weighted by Crippen LogP contribution is -2.23. The lowest BCUT2D eigenvalue weighted by molar-refractivity contribution is -0.150. The highest BCUT2D eigenvalue weighted by Crippen LogP contribution is 2.37. The Kier molecular flexibility index (Phi) is 5.93. The van der Waals surface area contributed by atoms with Crippen molar-refractivity contribution in [3.05, 3.63) is 107 Å². The molecule has 28 heavy (non-hydrogen) atoms. The predicted molar refractivity (Wildman–Crippen MR) is 101 cm³/mol. The summed E-state index contributed by atoms with van der Waals surface area (Å²) in [4.78, 5) is 0. The van der Waals surface area contributed by atoms with Gasteiger partial charge in [0.1, 0.15) is 11.6 Å². The van der Waals surface area contributed by atoms with Crippen LogP contribution in [0.4, 0.5) is 22.0 Å². The predicted octanol–water partition coefficient (Wildman–Crippen LogP) is 7.02. The summed E-state index contributed by atoms with van der Waals surface area (Å²) >= 11 is 0. The zero-order valence-electron chi connectivity index (χ0n) is 14.8. The van der Waals surface area contributed by atoms with Gasteiger partial charge in [0.05, 0.1) is 5.92 Å². The first-order chi connectivity index (χ1) is 13.3. The highest BCUT2D eigenvalue weighted by atomic mass is 19.4. The summed E-state index contributed by atoms with van der Waals surface area (Å²) in [5, 5.41) is 0. The molecule has 0 saturated carbocycles. The van der Waals surface area contributed by atoms with Crippen LogP contribution in [-0.2, 0) is 6.42 Å². The van der Waals surface area contributed by atoms with E-state index in [2.05, 4.69) is 0 Å². The molecule has 0 fully saturated rings. The largest absolute Gasteiger partial charge is 0.396 e. The molecule has 0 saturated heterocycles.